The number of halogens is 3. The van der Waals surface area contributed by atoms with Crippen LogP contribution in [0.4, 0.5) is 13.2 Å². The highest BCUT2D eigenvalue weighted by atomic mass is 19.4. The Morgan fingerprint density at radius 3 is 2.28 bits per heavy atom. The molecular formula is C35H31F3N2O7. The van der Waals surface area contributed by atoms with Gasteiger partial charge in [-0.3, -0.25) is 24.1 Å². The number of likely N-dealkylation sites (N-methyl/N-ethyl adjacent to an activating group) is 1. The lowest BCUT2D eigenvalue weighted by Crippen LogP contribution is -2.69. The van der Waals surface area contributed by atoms with Crippen LogP contribution in [0.2, 0.25) is 0 Å². The second kappa shape index (κ2) is 11.5. The van der Waals surface area contributed by atoms with Crippen molar-refractivity contribution in [3.8, 4) is 16.9 Å². The van der Waals surface area contributed by atoms with Crippen LogP contribution in [0.25, 0.3) is 11.1 Å². The molecular weight excluding hydrogens is 617 g/mol. The third-order valence-electron chi connectivity index (χ3n) is 9.54. The molecule has 6 rings (SSSR count). The number of hydrogen-bond acceptors (Lipinski definition) is 8. The molecule has 3 aliphatic rings. The number of fused-ring (bicyclic) bond motifs is 3. The minimum Gasteiger partial charge on any atom is -0.507 e. The fourth-order valence-corrected chi connectivity index (χ4v) is 7.44. The lowest BCUT2D eigenvalue weighted by Gasteiger charge is -2.52. The number of phenols is 1. The predicted molar refractivity (Wildman–Crippen MR) is 162 cm³/mol. The Hall–Kier alpha value is -4.81. The zero-order valence-corrected chi connectivity index (χ0v) is 25.4. The zero-order valence-electron chi connectivity index (χ0n) is 25.4. The molecule has 1 fully saturated rings. The number of nitrogens with two attached hydrogens (primary N) is 1. The first-order chi connectivity index (χ1) is 22.2. The van der Waals surface area contributed by atoms with Gasteiger partial charge in [-0.2, -0.15) is 13.2 Å². The SMILES string of the molecule is CN(C)[C@@H]1C(OCc2ccccc2)=C(C(N)=O)C(=O)[C@@]2(O)C(=O)C3C(=O)c4c(O)ccc(-c5ccc(C(F)(F)F)cc5)c4C[C@H]3C[C@@H]12. The van der Waals surface area contributed by atoms with Crippen molar-refractivity contribution in [2.75, 3.05) is 14.1 Å². The number of carbonyl (C=O) groups excluding carboxylic acids is 4. The first-order valence-corrected chi connectivity index (χ1v) is 14.9. The molecule has 3 aromatic rings. The molecule has 3 aliphatic carbocycles. The van der Waals surface area contributed by atoms with Crippen LogP contribution in [0.15, 0.2) is 78.1 Å². The Morgan fingerprint density at radius 2 is 1.68 bits per heavy atom. The third kappa shape index (κ3) is 5.12. The van der Waals surface area contributed by atoms with E-state index in [4.69, 9.17) is 10.5 Å². The zero-order chi connectivity index (χ0) is 34.0. The quantitative estimate of drug-likeness (QED) is 0.270. The highest BCUT2D eigenvalue weighted by molar-refractivity contribution is 6.32. The normalized spacial score (nSPS) is 25.7. The lowest BCUT2D eigenvalue weighted by molar-refractivity contribution is -0.170. The summed E-state index contributed by atoms with van der Waals surface area (Å²) >= 11 is 0. The van der Waals surface area contributed by atoms with E-state index in [2.05, 4.69) is 0 Å². The summed E-state index contributed by atoms with van der Waals surface area (Å²) in [6.07, 6.45) is -4.56. The van der Waals surface area contributed by atoms with Gasteiger partial charge in [-0.1, -0.05) is 48.5 Å². The molecule has 0 aliphatic heterocycles. The number of aliphatic hydroxyl groups is 1. The van der Waals surface area contributed by atoms with E-state index in [-0.39, 0.29) is 30.8 Å². The van der Waals surface area contributed by atoms with Crippen molar-refractivity contribution in [1.29, 1.82) is 0 Å². The average Bonchev–Trinajstić information content (AvgIpc) is 3.01. The number of nitrogens with zero attached hydrogens (tertiary/aromatic N) is 1. The first kappa shape index (κ1) is 32.1. The average molecular weight is 649 g/mol. The van der Waals surface area contributed by atoms with Crippen molar-refractivity contribution in [2.45, 2.75) is 37.3 Å². The van der Waals surface area contributed by atoms with E-state index in [1.807, 2.05) is 0 Å². The maximum Gasteiger partial charge on any atom is 0.416 e. The number of ether oxygens (including phenoxy) is 1. The lowest BCUT2D eigenvalue weighted by atomic mass is 9.54. The van der Waals surface area contributed by atoms with Gasteiger partial charge in [0.2, 0.25) is 5.78 Å². The second-order valence-electron chi connectivity index (χ2n) is 12.5. The van der Waals surface area contributed by atoms with Crippen LogP contribution in [0, 0.1) is 17.8 Å². The van der Waals surface area contributed by atoms with Crippen LogP contribution in [0.3, 0.4) is 0 Å². The van der Waals surface area contributed by atoms with E-state index in [1.54, 1.807) is 49.3 Å². The van der Waals surface area contributed by atoms with Gasteiger partial charge in [-0.05, 0) is 73.3 Å². The fraction of sp³-hybridized carbons (Fsp3) is 0.314. The van der Waals surface area contributed by atoms with E-state index in [9.17, 15) is 42.6 Å². The van der Waals surface area contributed by atoms with E-state index >= 15 is 0 Å². The number of amides is 1. The molecule has 0 heterocycles. The summed E-state index contributed by atoms with van der Waals surface area (Å²) in [4.78, 5) is 56.6. The molecule has 1 saturated carbocycles. The van der Waals surface area contributed by atoms with Gasteiger partial charge in [0.25, 0.3) is 5.91 Å². The number of primary amides is 1. The smallest absolute Gasteiger partial charge is 0.416 e. The summed E-state index contributed by atoms with van der Waals surface area (Å²) < 4.78 is 45.8. The number of phenolic OH excluding ortho intramolecular Hbond substituents is 1. The molecule has 1 amide bonds. The second-order valence-corrected chi connectivity index (χ2v) is 12.5. The van der Waals surface area contributed by atoms with E-state index in [0.717, 1.165) is 17.7 Å². The molecule has 0 radical (unpaired) electrons. The summed E-state index contributed by atoms with van der Waals surface area (Å²) in [6.45, 7) is -0.0443. The molecule has 3 aromatic carbocycles. The molecule has 9 nitrogen and oxygen atoms in total. The fourth-order valence-electron chi connectivity index (χ4n) is 7.44. The Kier molecular flexibility index (Phi) is 7.84. The topological polar surface area (TPSA) is 147 Å². The van der Waals surface area contributed by atoms with E-state index in [0.29, 0.717) is 16.7 Å². The van der Waals surface area contributed by atoms with Crippen molar-refractivity contribution < 1.29 is 47.3 Å². The summed E-state index contributed by atoms with van der Waals surface area (Å²) in [5.41, 5.74) is 2.96. The molecule has 5 atom stereocenters. The molecule has 244 valence electrons. The first-order valence-electron chi connectivity index (χ1n) is 14.9. The number of carbonyl (C=O) groups is 4. The molecule has 1 unspecified atom stereocenters. The Morgan fingerprint density at radius 1 is 1.02 bits per heavy atom. The van der Waals surface area contributed by atoms with Crippen LogP contribution in [0.1, 0.15) is 33.5 Å². The Balaban J connectivity index is 1.44. The van der Waals surface area contributed by atoms with Crippen molar-refractivity contribution in [1.82, 2.24) is 4.90 Å². The number of ketones is 3. The highest BCUT2D eigenvalue weighted by Gasteiger charge is 2.67. The summed E-state index contributed by atoms with van der Waals surface area (Å²) in [5, 5.41) is 22.8. The number of Topliss-reactive ketones (excluding diaryl/α,β-unsaturated/α-hetero) is 3. The summed E-state index contributed by atoms with van der Waals surface area (Å²) in [5.74, 6) is -8.38. The molecule has 0 saturated heterocycles. The number of benzene rings is 3. The summed E-state index contributed by atoms with van der Waals surface area (Å²) in [7, 11) is 3.26. The standard InChI is InChI=1S/C35H31F3N2O7/c1-40(2)28-23-15-19-14-22-21(18-8-10-20(11-9-18)35(36,37)38)12-13-24(41)26(22)29(42)25(19)31(43)34(23,46)32(44)27(33(39)45)30(28)47-16-17-6-4-3-5-7-17/h3-13,19,23,25,28,41,46H,14-16H2,1-2H3,(H2,39,45)/t19-,23-,25?,28-,34-/m0/s1. The van der Waals surface area contributed by atoms with Gasteiger partial charge in [0.1, 0.15) is 23.7 Å². The monoisotopic (exact) mass is 648 g/mol. The maximum absolute atomic E-state index is 14.3. The van der Waals surface area contributed by atoms with E-state index < -0.39 is 75.7 Å². The molecule has 0 spiro atoms. The number of hydrogen-bond donors (Lipinski definition) is 3. The van der Waals surface area contributed by atoms with Crippen LogP contribution < -0.4 is 5.73 Å². The Labute approximate surface area is 267 Å². The van der Waals surface area contributed by atoms with Crippen molar-refractivity contribution in [2.24, 2.45) is 23.5 Å². The van der Waals surface area contributed by atoms with Crippen LogP contribution in [-0.4, -0.2) is 64.1 Å². The van der Waals surface area contributed by atoms with Crippen molar-refractivity contribution in [3.05, 3.63) is 100 Å². The van der Waals surface area contributed by atoms with E-state index in [1.165, 1.54) is 24.3 Å². The van der Waals surface area contributed by atoms with Crippen molar-refractivity contribution >= 4 is 23.3 Å². The van der Waals surface area contributed by atoms with Gasteiger partial charge in [0.05, 0.1) is 23.1 Å². The summed E-state index contributed by atoms with van der Waals surface area (Å²) in [6, 6.07) is 15.0. The molecule has 47 heavy (non-hydrogen) atoms. The van der Waals surface area contributed by atoms with Gasteiger partial charge in [0, 0.05) is 5.92 Å². The molecule has 12 heteroatoms. The van der Waals surface area contributed by atoms with Crippen LogP contribution >= 0.6 is 0 Å². The van der Waals surface area contributed by atoms with Gasteiger partial charge in [-0.15, -0.1) is 0 Å². The molecule has 0 aromatic heterocycles. The Bertz CT molecular complexity index is 1840. The van der Waals surface area contributed by atoms with Gasteiger partial charge >= 0.3 is 6.18 Å². The maximum atomic E-state index is 14.3. The minimum atomic E-state index is -4.55. The molecule has 0 bridgehead atoms. The van der Waals surface area contributed by atoms with Crippen LogP contribution in [0.5, 0.6) is 5.75 Å². The number of rotatable bonds is 6. The molecule has 4 N–H and O–H groups in total. The van der Waals surface area contributed by atoms with Gasteiger partial charge in [-0.25, -0.2) is 0 Å². The highest BCUT2D eigenvalue weighted by Crippen LogP contribution is 2.52. The number of alkyl halides is 3. The van der Waals surface area contributed by atoms with Crippen LogP contribution in [-0.2, 0) is 38.3 Å². The minimum absolute atomic E-state index is 0.0375. The number of aromatic hydroxyl groups is 1. The van der Waals surface area contributed by atoms with Gasteiger partial charge < -0.3 is 20.7 Å². The largest absolute Gasteiger partial charge is 0.507 e. The predicted octanol–water partition coefficient (Wildman–Crippen LogP) is 3.84. The third-order valence-corrected chi connectivity index (χ3v) is 9.54. The van der Waals surface area contributed by atoms with Crippen molar-refractivity contribution in [3.63, 3.8) is 0 Å². The van der Waals surface area contributed by atoms with Gasteiger partial charge in [0.15, 0.2) is 17.2 Å².